The first-order valence-electron chi connectivity index (χ1n) is 19.6. The summed E-state index contributed by atoms with van der Waals surface area (Å²) < 4.78 is 15.7. The molecule has 58 heavy (non-hydrogen) atoms. The minimum atomic E-state index is 0.860. The van der Waals surface area contributed by atoms with Crippen LogP contribution in [0.1, 0.15) is 0 Å². The molecular weight excluding hydrogens is 727 g/mol. The third-order valence-corrected chi connectivity index (χ3v) is 12.7. The van der Waals surface area contributed by atoms with Crippen LogP contribution in [-0.4, -0.2) is 0 Å². The van der Waals surface area contributed by atoms with Gasteiger partial charge in [-0.25, -0.2) is 0 Å². The minimum Gasteiger partial charge on any atom is -0.455 e. The molecule has 0 bridgehead atoms. The smallest absolute Gasteiger partial charge is 0.159 e. The second-order valence-corrected chi connectivity index (χ2v) is 15.9. The zero-order valence-electron chi connectivity index (χ0n) is 31.2. The largest absolute Gasteiger partial charge is 0.455 e. The standard InChI is InChI=1S/C54H33NO2S/c1-2-11-35(12-3-1)40-15-8-17-45-47-33-37(27-32-50(47)56-52(40)45)34-23-28-38(29-24-34)55(48-20-10-18-44-42-13-4-6-21-49(42)57-53(44)48)39-30-25-36(26-31-39)41-16-9-19-46-43-14-5-7-22-51(43)58-54(41)46/h1-33H. The first kappa shape index (κ1) is 32.8. The van der Waals surface area contributed by atoms with Gasteiger partial charge in [0.05, 0.1) is 5.69 Å². The van der Waals surface area contributed by atoms with Crippen LogP contribution < -0.4 is 4.90 Å². The van der Waals surface area contributed by atoms with E-state index in [0.29, 0.717) is 0 Å². The Morgan fingerprint density at radius 2 is 0.914 bits per heavy atom. The predicted molar refractivity (Wildman–Crippen MR) is 245 cm³/mol. The number of para-hydroxylation sites is 3. The molecule has 4 heteroatoms. The average molecular weight is 760 g/mol. The van der Waals surface area contributed by atoms with Crippen LogP contribution in [0.2, 0.25) is 0 Å². The van der Waals surface area contributed by atoms with E-state index in [-0.39, 0.29) is 0 Å². The van der Waals surface area contributed by atoms with Crippen LogP contribution in [0.25, 0.3) is 97.4 Å². The van der Waals surface area contributed by atoms with Crippen LogP contribution in [-0.2, 0) is 0 Å². The fourth-order valence-corrected chi connectivity index (χ4v) is 9.96. The summed E-state index contributed by atoms with van der Waals surface area (Å²) in [7, 11) is 0. The summed E-state index contributed by atoms with van der Waals surface area (Å²) in [5.41, 5.74) is 13.6. The van der Waals surface area contributed by atoms with Crippen molar-refractivity contribution in [2.75, 3.05) is 4.90 Å². The first-order chi connectivity index (χ1) is 28.7. The minimum absolute atomic E-state index is 0.860. The summed E-state index contributed by atoms with van der Waals surface area (Å²) in [4.78, 5) is 2.32. The Kier molecular flexibility index (Phi) is 7.40. The van der Waals surface area contributed by atoms with E-state index in [4.69, 9.17) is 8.83 Å². The van der Waals surface area contributed by atoms with Gasteiger partial charge in [-0.3, -0.25) is 0 Å². The van der Waals surface area contributed by atoms with E-state index in [9.17, 15) is 0 Å². The number of fused-ring (bicyclic) bond motifs is 9. The zero-order chi connectivity index (χ0) is 38.2. The molecular formula is C54H33NO2S. The summed E-state index contributed by atoms with van der Waals surface area (Å²) in [5, 5.41) is 7.05. The molecule has 0 atom stereocenters. The molecule has 0 unspecified atom stereocenters. The Labute approximate surface area is 338 Å². The highest BCUT2D eigenvalue weighted by molar-refractivity contribution is 7.26. The third-order valence-electron chi connectivity index (χ3n) is 11.5. The molecule has 3 nitrogen and oxygen atoms in total. The molecule has 0 aliphatic carbocycles. The summed E-state index contributed by atoms with van der Waals surface area (Å²) in [6.45, 7) is 0. The molecule has 0 saturated carbocycles. The van der Waals surface area contributed by atoms with Gasteiger partial charge in [0.15, 0.2) is 5.58 Å². The van der Waals surface area contributed by atoms with Crippen molar-refractivity contribution in [3.05, 3.63) is 200 Å². The van der Waals surface area contributed by atoms with Crippen molar-refractivity contribution >= 4 is 92.4 Å². The molecule has 0 fully saturated rings. The molecule has 3 heterocycles. The van der Waals surface area contributed by atoms with Crippen molar-refractivity contribution in [3.8, 4) is 33.4 Å². The number of thiophene rings is 1. The van der Waals surface area contributed by atoms with Gasteiger partial charge >= 0.3 is 0 Å². The molecule has 12 aromatic rings. The molecule has 0 N–H and O–H groups in total. The summed E-state index contributed by atoms with van der Waals surface area (Å²) in [6.07, 6.45) is 0. The topological polar surface area (TPSA) is 29.5 Å². The van der Waals surface area contributed by atoms with Crippen molar-refractivity contribution in [2.45, 2.75) is 0 Å². The van der Waals surface area contributed by atoms with E-state index < -0.39 is 0 Å². The van der Waals surface area contributed by atoms with Gasteiger partial charge in [-0.05, 0) is 82.4 Å². The highest BCUT2D eigenvalue weighted by atomic mass is 32.1. The summed E-state index contributed by atoms with van der Waals surface area (Å²) in [6, 6.07) is 71.3. The van der Waals surface area contributed by atoms with Gasteiger partial charge < -0.3 is 13.7 Å². The van der Waals surface area contributed by atoms with Gasteiger partial charge in [0.2, 0.25) is 0 Å². The van der Waals surface area contributed by atoms with E-state index >= 15 is 0 Å². The molecule has 0 spiro atoms. The Hall–Kier alpha value is -7.40. The third kappa shape index (κ3) is 5.19. The molecule has 9 aromatic carbocycles. The van der Waals surface area contributed by atoms with E-state index in [1.807, 2.05) is 29.5 Å². The van der Waals surface area contributed by atoms with Gasteiger partial charge in [0.1, 0.15) is 16.7 Å². The maximum Gasteiger partial charge on any atom is 0.159 e. The number of benzene rings is 9. The Bertz CT molecular complexity index is 3500. The van der Waals surface area contributed by atoms with Crippen LogP contribution >= 0.6 is 11.3 Å². The van der Waals surface area contributed by atoms with Crippen molar-refractivity contribution in [1.82, 2.24) is 0 Å². The number of nitrogens with zero attached hydrogens (tertiary/aromatic N) is 1. The Balaban J connectivity index is 0.965. The van der Waals surface area contributed by atoms with Gasteiger partial charge in [0.25, 0.3) is 0 Å². The van der Waals surface area contributed by atoms with Crippen LogP contribution in [0.15, 0.2) is 209 Å². The van der Waals surface area contributed by atoms with Gasteiger partial charge in [-0.2, -0.15) is 0 Å². The van der Waals surface area contributed by atoms with Crippen molar-refractivity contribution < 1.29 is 8.83 Å². The van der Waals surface area contributed by atoms with Crippen LogP contribution in [0, 0.1) is 0 Å². The van der Waals surface area contributed by atoms with Gasteiger partial charge in [0, 0.05) is 58.7 Å². The molecule has 0 aliphatic rings. The van der Waals surface area contributed by atoms with Crippen LogP contribution in [0.5, 0.6) is 0 Å². The summed E-state index contributed by atoms with van der Waals surface area (Å²) >= 11 is 1.86. The first-order valence-corrected chi connectivity index (χ1v) is 20.4. The fraction of sp³-hybridized carbons (Fsp3) is 0. The molecule has 12 rings (SSSR count). The zero-order valence-corrected chi connectivity index (χ0v) is 32.0. The number of hydrogen-bond donors (Lipinski definition) is 0. The van der Waals surface area contributed by atoms with Gasteiger partial charge in [-0.15, -0.1) is 11.3 Å². The van der Waals surface area contributed by atoms with Crippen molar-refractivity contribution in [1.29, 1.82) is 0 Å². The lowest BCUT2D eigenvalue weighted by molar-refractivity contribution is 0.669. The molecule has 0 amide bonds. The number of hydrogen-bond acceptors (Lipinski definition) is 4. The van der Waals surface area contributed by atoms with Gasteiger partial charge in [-0.1, -0.05) is 146 Å². The average Bonchev–Trinajstić information content (AvgIpc) is 3.99. The van der Waals surface area contributed by atoms with Crippen molar-refractivity contribution in [2.24, 2.45) is 0 Å². The summed E-state index contributed by atoms with van der Waals surface area (Å²) in [5.74, 6) is 0. The predicted octanol–water partition coefficient (Wildman–Crippen LogP) is 16.3. The van der Waals surface area contributed by atoms with E-state index in [1.54, 1.807) is 0 Å². The second kappa shape index (κ2) is 13.1. The highest BCUT2D eigenvalue weighted by Crippen LogP contribution is 2.45. The lowest BCUT2D eigenvalue weighted by Gasteiger charge is -2.26. The van der Waals surface area contributed by atoms with E-state index in [0.717, 1.165) is 83.2 Å². The second-order valence-electron chi connectivity index (χ2n) is 14.8. The Morgan fingerprint density at radius 1 is 0.345 bits per heavy atom. The van der Waals surface area contributed by atoms with E-state index in [1.165, 1.54) is 31.3 Å². The quantitative estimate of drug-likeness (QED) is 0.169. The monoisotopic (exact) mass is 759 g/mol. The number of anilines is 3. The molecule has 3 aromatic heterocycles. The molecule has 272 valence electrons. The maximum atomic E-state index is 6.63. The van der Waals surface area contributed by atoms with E-state index in [2.05, 4.69) is 187 Å². The SMILES string of the molecule is c1ccc(-c2cccc3c2oc2ccc(-c4ccc(N(c5ccc(-c6cccc7c6sc6ccccc67)cc5)c5cccc6c5oc5ccccc56)cc4)cc23)cc1. The molecule has 0 saturated heterocycles. The van der Waals surface area contributed by atoms with Crippen LogP contribution in [0.4, 0.5) is 17.1 Å². The maximum absolute atomic E-state index is 6.63. The lowest BCUT2D eigenvalue weighted by Crippen LogP contribution is -2.10. The Morgan fingerprint density at radius 3 is 1.72 bits per heavy atom. The fourth-order valence-electron chi connectivity index (χ4n) is 8.73. The molecule has 0 radical (unpaired) electrons. The molecule has 0 aliphatic heterocycles. The van der Waals surface area contributed by atoms with Crippen molar-refractivity contribution in [3.63, 3.8) is 0 Å². The number of furan rings is 2. The number of rotatable bonds is 6. The lowest BCUT2D eigenvalue weighted by atomic mass is 10.00. The highest BCUT2D eigenvalue weighted by Gasteiger charge is 2.20. The normalized spacial score (nSPS) is 11.8. The van der Waals surface area contributed by atoms with Crippen LogP contribution in [0.3, 0.4) is 0 Å².